The molecule has 4 rings (SSSR count). The number of hydrogen-bond acceptors (Lipinski definition) is 4. The van der Waals surface area contributed by atoms with Crippen molar-refractivity contribution in [3.8, 4) is 0 Å². The Balaban J connectivity index is 1.82. The van der Waals surface area contributed by atoms with Crippen molar-refractivity contribution >= 4 is 22.8 Å². The number of nitrogens with zero attached hydrogens (tertiary/aromatic N) is 4. The highest BCUT2D eigenvalue weighted by Crippen LogP contribution is 2.30. The Morgan fingerprint density at radius 2 is 1.96 bits per heavy atom. The summed E-state index contributed by atoms with van der Waals surface area (Å²) in [6.45, 7) is 2.61. The van der Waals surface area contributed by atoms with E-state index in [1.54, 1.807) is 10.8 Å². The van der Waals surface area contributed by atoms with E-state index >= 15 is 0 Å². The number of aryl methyl sites for hydroxylation is 1. The van der Waals surface area contributed by atoms with Gasteiger partial charge in [0.2, 0.25) is 5.95 Å². The second kappa shape index (κ2) is 6.11. The minimum atomic E-state index is 0.0329. The van der Waals surface area contributed by atoms with Gasteiger partial charge in [-0.15, -0.1) is 0 Å². The van der Waals surface area contributed by atoms with Gasteiger partial charge in [0.1, 0.15) is 5.52 Å². The molecule has 1 fully saturated rings. The third kappa shape index (κ3) is 2.48. The molecule has 0 bridgehead atoms. The van der Waals surface area contributed by atoms with Crippen LogP contribution >= 0.6 is 0 Å². The average molecular weight is 323 g/mol. The zero-order chi connectivity index (χ0) is 16.5. The van der Waals surface area contributed by atoms with Gasteiger partial charge in [0.25, 0.3) is 0 Å². The Morgan fingerprint density at radius 1 is 1.21 bits per heavy atom. The van der Waals surface area contributed by atoms with E-state index in [1.807, 2.05) is 41.8 Å². The minimum absolute atomic E-state index is 0.0329. The van der Waals surface area contributed by atoms with Crippen molar-refractivity contribution in [3.05, 3.63) is 47.0 Å². The van der Waals surface area contributed by atoms with Crippen LogP contribution in [0.2, 0.25) is 0 Å². The molecule has 124 valence electrons. The van der Waals surface area contributed by atoms with Crippen LogP contribution in [0.5, 0.6) is 0 Å². The normalized spacial score (nSPS) is 15.2. The zero-order valence-electron chi connectivity index (χ0n) is 13.8. The average Bonchev–Trinajstić information content (AvgIpc) is 3.20. The summed E-state index contributed by atoms with van der Waals surface area (Å²) in [7, 11) is 0. The predicted octanol–water partition coefficient (Wildman–Crippen LogP) is 3.47. The summed E-state index contributed by atoms with van der Waals surface area (Å²) in [6.07, 6.45) is 6.21. The lowest BCUT2D eigenvalue weighted by molar-refractivity contribution is 0.501. The SMILES string of the molecule is CCn1c(=O)n(C2CCCC2)c2nc(Nc3ccccc3)ncc21. The molecular weight excluding hydrogens is 302 g/mol. The number of benzene rings is 1. The van der Waals surface area contributed by atoms with E-state index in [4.69, 9.17) is 0 Å². The third-order valence-corrected chi connectivity index (χ3v) is 4.74. The molecule has 1 saturated carbocycles. The molecule has 6 nitrogen and oxygen atoms in total. The molecule has 1 aliphatic carbocycles. The van der Waals surface area contributed by atoms with E-state index in [0.717, 1.165) is 29.7 Å². The van der Waals surface area contributed by atoms with Gasteiger partial charge < -0.3 is 5.32 Å². The molecule has 6 heteroatoms. The number of para-hydroxylation sites is 1. The third-order valence-electron chi connectivity index (χ3n) is 4.74. The van der Waals surface area contributed by atoms with Crippen LogP contribution in [0.15, 0.2) is 41.3 Å². The number of anilines is 2. The lowest BCUT2D eigenvalue weighted by Crippen LogP contribution is -2.26. The maximum Gasteiger partial charge on any atom is 0.330 e. The number of hydrogen-bond donors (Lipinski definition) is 1. The highest BCUT2D eigenvalue weighted by Gasteiger charge is 2.24. The molecule has 24 heavy (non-hydrogen) atoms. The van der Waals surface area contributed by atoms with Crippen LogP contribution in [-0.2, 0) is 6.54 Å². The first kappa shape index (κ1) is 14.9. The Morgan fingerprint density at radius 3 is 2.67 bits per heavy atom. The summed E-state index contributed by atoms with van der Waals surface area (Å²) >= 11 is 0. The van der Waals surface area contributed by atoms with Gasteiger partial charge in [0.15, 0.2) is 5.65 Å². The second-order valence-electron chi connectivity index (χ2n) is 6.23. The Bertz CT molecular complexity index is 906. The molecule has 0 spiro atoms. The van der Waals surface area contributed by atoms with Crippen LogP contribution in [0, 0.1) is 0 Å². The molecule has 1 N–H and O–H groups in total. The van der Waals surface area contributed by atoms with Crippen molar-refractivity contribution in [2.45, 2.75) is 45.2 Å². The molecule has 3 aromatic rings. The van der Waals surface area contributed by atoms with Crippen molar-refractivity contribution in [3.63, 3.8) is 0 Å². The lowest BCUT2D eigenvalue weighted by Gasteiger charge is -2.11. The largest absolute Gasteiger partial charge is 0.330 e. The number of nitrogens with one attached hydrogen (secondary N) is 1. The maximum atomic E-state index is 12.8. The molecule has 0 saturated heterocycles. The van der Waals surface area contributed by atoms with Crippen molar-refractivity contribution in [2.75, 3.05) is 5.32 Å². The first-order valence-corrected chi connectivity index (χ1v) is 8.57. The van der Waals surface area contributed by atoms with Gasteiger partial charge in [-0.3, -0.25) is 9.13 Å². The predicted molar refractivity (Wildman–Crippen MR) is 94.7 cm³/mol. The van der Waals surface area contributed by atoms with Gasteiger partial charge in [-0.1, -0.05) is 31.0 Å². The molecule has 1 aliphatic rings. The van der Waals surface area contributed by atoms with E-state index in [-0.39, 0.29) is 11.7 Å². The van der Waals surface area contributed by atoms with Crippen LogP contribution in [0.4, 0.5) is 11.6 Å². The van der Waals surface area contributed by atoms with Gasteiger partial charge in [0, 0.05) is 18.3 Å². The van der Waals surface area contributed by atoms with Crippen LogP contribution in [0.25, 0.3) is 11.2 Å². The molecule has 0 aliphatic heterocycles. The summed E-state index contributed by atoms with van der Waals surface area (Å²) in [5.41, 5.74) is 2.52. The van der Waals surface area contributed by atoms with Crippen molar-refractivity contribution in [1.29, 1.82) is 0 Å². The molecular formula is C18H21N5O. The summed E-state index contributed by atoms with van der Waals surface area (Å²) in [6, 6.07) is 10.1. The van der Waals surface area contributed by atoms with Gasteiger partial charge in [-0.2, -0.15) is 4.98 Å². The fourth-order valence-corrected chi connectivity index (χ4v) is 3.57. The summed E-state index contributed by atoms with van der Waals surface area (Å²) in [5.74, 6) is 0.522. The minimum Gasteiger partial charge on any atom is -0.324 e. The lowest BCUT2D eigenvalue weighted by atomic mass is 10.2. The molecule has 2 aromatic heterocycles. The van der Waals surface area contributed by atoms with Crippen molar-refractivity contribution < 1.29 is 0 Å². The molecule has 1 aromatic carbocycles. The summed E-state index contributed by atoms with van der Waals surface area (Å²) in [5, 5.41) is 3.21. The van der Waals surface area contributed by atoms with Gasteiger partial charge in [0.05, 0.1) is 6.20 Å². The molecule has 0 radical (unpaired) electrons. The highest BCUT2D eigenvalue weighted by molar-refractivity contribution is 5.73. The fourth-order valence-electron chi connectivity index (χ4n) is 3.57. The second-order valence-corrected chi connectivity index (χ2v) is 6.23. The number of fused-ring (bicyclic) bond motifs is 1. The molecule has 0 amide bonds. The zero-order valence-corrected chi connectivity index (χ0v) is 13.8. The number of aromatic nitrogens is 4. The number of imidazole rings is 1. The summed E-state index contributed by atoms with van der Waals surface area (Å²) < 4.78 is 3.64. The highest BCUT2D eigenvalue weighted by atomic mass is 16.1. The van der Waals surface area contributed by atoms with Crippen LogP contribution in [0.3, 0.4) is 0 Å². The first-order valence-electron chi connectivity index (χ1n) is 8.57. The Kier molecular flexibility index (Phi) is 3.80. The Hall–Kier alpha value is -2.63. The fraction of sp³-hybridized carbons (Fsp3) is 0.389. The van der Waals surface area contributed by atoms with E-state index < -0.39 is 0 Å². The maximum absolute atomic E-state index is 12.8. The van der Waals surface area contributed by atoms with Gasteiger partial charge in [-0.25, -0.2) is 9.78 Å². The van der Waals surface area contributed by atoms with Crippen molar-refractivity contribution in [1.82, 2.24) is 19.1 Å². The Labute approximate surface area is 140 Å². The summed E-state index contributed by atoms with van der Waals surface area (Å²) in [4.78, 5) is 21.9. The van der Waals surface area contributed by atoms with Gasteiger partial charge in [-0.05, 0) is 31.9 Å². The molecule has 0 atom stereocenters. The smallest absolute Gasteiger partial charge is 0.324 e. The quantitative estimate of drug-likeness (QED) is 0.798. The van der Waals surface area contributed by atoms with E-state index in [2.05, 4.69) is 15.3 Å². The number of rotatable bonds is 4. The topological polar surface area (TPSA) is 64.7 Å². The molecule has 2 heterocycles. The van der Waals surface area contributed by atoms with Gasteiger partial charge >= 0.3 is 5.69 Å². The van der Waals surface area contributed by atoms with Crippen molar-refractivity contribution in [2.24, 2.45) is 0 Å². The van der Waals surface area contributed by atoms with E-state index in [0.29, 0.717) is 12.5 Å². The van der Waals surface area contributed by atoms with Crippen LogP contribution in [0.1, 0.15) is 38.6 Å². The van der Waals surface area contributed by atoms with Crippen LogP contribution in [-0.4, -0.2) is 19.1 Å². The first-order chi connectivity index (χ1) is 11.8. The van der Waals surface area contributed by atoms with E-state index in [1.165, 1.54) is 12.8 Å². The van der Waals surface area contributed by atoms with Crippen LogP contribution < -0.4 is 11.0 Å². The standard InChI is InChI=1S/C18H21N5O/c1-2-22-15-12-19-17(20-13-8-4-3-5-9-13)21-16(15)23(18(22)24)14-10-6-7-11-14/h3-5,8-9,12,14H,2,6-7,10-11H2,1H3,(H,19,20,21). The monoisotopic (exact) mass is 323 g/mol. The van der Waals surface area contributed by atoms with E-state index in [9.17, 15) is 4.79 Å². The molecule has 0 unspecified atom stereocenters.